The minimum absolute atomic E-state index is 0.422. The quantitative estimate of drug-likeness (QED) is 0.731. The molecular formula is C18H23NS. The van der Waals surface area contributed by atoms with E-state index in [9.17, 15) is 0 Å². The van der Waals surface area contributed by atoms with E-state index in [0.29, 0.717) is 11.3 Å². The maximum Gasteiger partial charge on any atom is 0.0316 e. The summed E-state index contributed by atoms with van der Waals surface area (Å²) in [7, 11) is 0. The molecule has 2 atom stereocenters. The Kier molecular flexibility index (Phi) is 5.69. The number of benzene rings is 2. The number of nitrogens with one attached hydrogen (secondary N) is 1. The predicted molar refractivity (Wildman–Crippen MR) is 89.2 cm³/mol. The monoisotopic (exact) mass is 285 g/mol. The second kappa shape index (κ2) is 7.51. The minimum Gasteiger partial charge on any atom is -0.310 e. The maximum absolute atomic E-state index is 3.44. The molecule has 0 saturated carbocycles. The first kappa shape index (κ1) is 15.1. The van der Waals surface area contributed by atoms with Gasteiger partial charge >= 0.3 is 0 Å². The maximum atomic E-state index is 3.44. The van der Waals surface area contributed by atoms with E-state index in [1.165, 1.54) is 16.0 Å². The van der Waals surface area contributed by atoms with Crippen molar-refractivity contribution in [3.05, 3.63) is 65.7 Å². The molecule has 2 heteroatoms. The van der Waals surface area contributed by atoms with Crippen molar-refractivity contribution < 1.29 is 0 Å². The van der Waals surface area contributed by atoms with Crippen LogP contribution in [0.2, 0.25) is 0 Å². The molecule has 0 aliphatic carbocycles. The van der Waals surface area contributed by atoms with E-state index in [1.807, 2.05) is 11.8 Å². The van der Waals surface area contributed by atoms with Crippen LogP contribution in [0.1, 0.15) is 43.2 Å². The van der Waals surface area contributed by atoms with Crippen LogP contribution in [-0.4, -0.2) is 6.54 Å². The van der Waals surface area contributed by atoms with Crippen LogP contribution in [0.4, 0.5) is 0 Å². The number of hydrogen-bond donors (Lipinski definition) is 1. The molecule has 2 aromatic rings. The lowest BCUT2D eigenvalue weighted by Crippen LogP contribution is -2.17. The normalized spacial score (nSPS) is 13.9. The summed E-state index contributed by atoms with van der Waals surface area (Å²) in [4.78, 5) is 1.33. The molecule has 0 radical (unpaired) electrons. The fourth-order valence-electron chi connectivity index (χ4n) is 2.26. The standard InChI is InChI=1S/C18H23NS/c1-4-19-14(2)16-10-12-18(13-11-16)20-15(3)17-8-6-5-7-9-17/h5-15,19H,4H2,1-3H3. The summed E-state index contributed by atoms with van der Waals surface area (Å²) in [6, 6.07) is 20.0. The van der Waals surface area contributed by atoms with Crippen molar-refractivity contribution in [2.75, 3.05) is 6.54 Å². The van der Waals surface area contributed by atoms with Crippen molar-refractivity contribution >= 4 is 11.8 Å². The van der Waals surface area contributed by atoms with E-state index in [-0.39, 0.29) is 0 Å². The Balaban J connectivity index is 2.00. The summed E-state index contributed by atoms with van der Waals surface area (Å²) in [6.07, 6.45) is 0. The highest BCUT2D eigenvalue weighted by Crippen LogP contribution is 2.34. The topological polar surface area (TPSA) is 12.0 Å². The van der Waals surface area contributed by atoms with Crippen LogP contribution in [0.15, 0.2) is 59.5 Å². The second-order valence-electron chi connectivity index (χ2n) is 5.02. The van der Waals surface area contributed by atoms with Gasteiger partial charge in [-0.2, -0.15) is 0 Å². The van der Waals surface area contributed by atoms with Gasteiger partial charge < -0.3 is 5.32 Å². The van der Waals surface area contributed by atoms with Crippen LogP contribution in [0.5, 0.6) is 0 Å². The van der Waals surface area contributed by atoms with Gasteiger partial charge in [-0.3, -0.25) is 0 Å². The van der Waals surface area contributed by atoms with Crippen LogP contribution < -0.4 is 5.32 Å². The van der Waals surface area contributed by atoms with Crippen molar-refractivity contribution in [2.45, 2.75) is 37.0 Å². The average Bonchev–Trinajstić information content (AvgIpc) is 2.49. The Hall–Kier alpha value is -1.25. The predicted octanol–water partition coefficient (Wildman–Crippen LogP) is 5.21. The Morgan fingerprint density at radius 2 is 1.55 bits per heavy atom. The third-order valence-electron chi connectivity index (χ3n) is 3.47. The molecule has 0 amide bonds. The lowest BCUT2D eigenvalue weighted by molar-refractivity contribution is 0.598. The van der Waals surface area contributed by atoms with E-state index < -0.39 is 0 Å². The van der Waals surface area contributed by atoms with Gasteiger partial charge in [-0.25, -0.2) is 0 Å². The average molecular weight is 285 g/mol. The highest BCUT2D eigenvalue weighted by molar-refractivity contribution is 7.99. The van der Waals surface area contributed by atoms with Crippen molar-refractivity contribution in [3.8, 4) is 0 Å². The highest BCUT2D eigenvalue weighted by Gasteiger charge is 2.08. The van der Waals surface area contributed by atoms with Gasteiger partial charge in [0.2, 0.25) is 0 Å². The lowest BCUT2D eigenvalue weighted by atomic mass is 10.1. The van der Waals surface area contributed by atoms with Crippen LogP contribution in [0.25, 0.3) is 0 Å². The molecule has 2 aromatic carbocycles. The van der Waals surface area contributed by atoms with Gasteiger partial charge in [0.1, 0.15) is 0 Å². The molecule has 2 rings (SSSR count). The Morgan fingerprint density at radius 3 is 2.15 bits per heavy atom. The van der Waals surface area contributed by atoms with Crippen molar-refractivity contribution in [3.63, 3.8) is 0 Å². The van der Waals surface area contributed by atoms with Crippen LogP contribution in [-0.2, 0) is 0 Å². The largest absolute Gasteiger partial charge is 0.310 e. The summed E-state index contributed by atoms with van der Waals surface area (Å²) < 4.78 is 0. The summed E-state index contributed by atoms with van der Waals surface area (Å²) in [5.41, 5.74) is 2.73. The van der Waals surface area contributed by atoms with Crippen molar-refractivity contribution in [1.29, 1.82) is 0 Å². The molecule has 0 aliphatic rings. The first-order valence-corrected chi connectivity index (χ1v) is 8.13. The van der Waals surface area contributed by atoms with Crippen LogP contribution in [0, 0.1) is 0 Å². The van der Waals surface area contributed by atoms with Gasteiger partial charge in [0.05, 0.1) is 0 Å². The minimum atomic E-state index is 0.422. The number of thioether (sulfide) groups is 1. The first-order chi connectivity index (χ1) is 9.70. The Morgan fingerprint density at radius 1 is 0.900 bits per heavy atom. The Bertz CT molecular complexity index is 507. The smallest absolute Gasteiger partial charge is 0.0316 e. The van der Waals surface area contributed by atoms with E-state index in [2.05, 4.69) is 80.7 Å². The molecule has 0 aliphatic heterocycles. The van der Waals surface area contributed by atoms with Gasteiger partial charge in [0.15, 0.2) is 0 Å². The van der Waals surface area contributed by atoms with Gasteiger partial charge in [-0.05, 0) is 43.7 Å². The van der Waals surface area contributed by atoms with E-state index in [0.717, 1.165) is 6.54 Å². The molecule has 0 spiro atoms. The fourth-order valence-corrected chi connectivity index (χ4v) is 3.25. The molecule has 1 N–H and O–H groups in total. The molecular weight excluding hydrogens is 262 g/mol. The van der Waals surface area contributed by atoms with Gasteiger partial charge in [0.25, 0.3) is 0 Å². The van der Waals surface area contributed by atoms with Crippen molar-refractivity contribution in [2.24, 2.45) is 0 Å². The summed E-state index contributed by atoms with van der Waals surface area (Å²) in [6.45, 7) is 7.61. The van der Waals surface area contributed by atoms with E-state index >= 15 is 0 Å². The number of rotatable bonds is 6. The summed E-state index contributed by atoms with van der Waals surface area (Å²) in [5, 5.41) is 3.92. The molecule has 0 aromatic heterocycles. The second-order valence-corrected chi connectivity index (χ2v) is 6.43. The third-order valence-corrected chi connectivity index (χ3v) is 4.64. The first-order valence-electron chi connectivity index (χ1n) is 7.25. The zero-order valence-electron chi connectivity index (χ0n) is 12.5. The zero-order chi connectivity index (χ0) is 14.4. The van der Waals surface area contributed by atoms with Crippen LogP contribution >= 0.6 is 11.8 Å². The molecule has 0 bridgehead atoms. The Labute approximate surface area is 126 Å². The van der Waals surface area contributed by atoms with Crippen LogP contribution in [0.3, 0.4) is 0 Å². The zero-order valence-corrected chi connectivity index (χ0v) is 13.3. The molecule has 1 nitrogen and oxygen atoms in total. The fraction of sp³-hybridized carbons (Fsp3) is 0.333. The SMILES string of the molecule is CCNC(C)c1ccc(SC(C)c2ccccc2)cc1. The summed E-state index contributed by atoms with van der Waals surface area (Å²) >= 11 is 1.91. The lowest BCUT2D eigenvalue weighted by Gasteiger charge is -2.15. The van der Waals surface area contributed by atoms with Gasteiger partial charge in [-0.1, -0.05) is 49.4 Å². The highest BCUT2D eigenvalue weighted by atomic mass is 32.2. The molecule has 2 unspecified atom stereocenters. The van der Waals surface area contributed by atoms with Gasteiger partial charge in [-0.15, -0.1) is 11.8 Å². The summed E-state index contributed by atoms with van der Waals surface area (Å²) in [5.74, 6) is 0. The molecule has 106 valence electrons. The molecule has 0 fully saturated rings. The van der Waals surface area contributed by atoms with Crippen molar-refractivity contribution in [1.82, 2.24) is 5.32 Å². The number of hydrogen-bond acceptors (Lipinski definition) is 2. The van der Waals surface area contributed by atoms with Gasteiger partial charge in [0, 0.05) is 16.2 Å². The third kappa shape index (κ3) is 4.12. The van der Waals surface area contributed by atoms with E-state index in [1.54, 1.807) is 0 Å². The molecule has 0 heterocycles. The van der Waals surface area contributed by atoms with E-state index in [4.69, 9.17) is 0 Å². The molecule has 0 saturated heterocycles. The molecule has 20 heavy (non-hydrogen) atoms.